The van der Waals surface area contributed by atoms with Crippen molar-refractivity contribution in [3.63, 3.8) is 0 Å². The highest BCUT2D eigenvalue weighted by molar-refractivity contribution is 6.05. The number of aromatic nitrogens is 2. The Morgan fingerprint density at radius 3 is 2.89 bits per heavy atom. The summed E-state index contributed by atoms with van der Waals surface area (Å²) in [6.07, 6.45) is 7.87. The number of terminal acetylenes is 1. The van der Waals surface area contributed by atoms with Crippen molar-refractivity contribution < 1.29 is 23.4 Å². The molecule has 0 saturated carbocycles. The first-order valence-electron chi connectivity index (χ1n) is 15.0. The minimum atomic E-state index is -0.887. The Kier molecular flexibility index (Phi) is 7.01. The number of amides is 1. The van der Waals surface area contributed by atoms with Crippen LogP contribution in [0.25, 0.3) is 32.8 Å². The van der Waals surface area contributed by atoms with Gasteiger partial charge in [-0.05, 0) is 79.1 Å². The third-order valence-corrected chi connectivity index (χ3v) is 9.36. The maximum atomic E-state index is 14.9. The van der Waals surface area contributed by atoms with E-state index in [1.54, 1.807) is 18.2 Å². The Labute approximate surface area is 254 Å². The molecule has 44 heavy (non-hydrogen) atoms. The topological polar surface area (TPSA) is 90.8 Å². The number of aromatic hydroxyl groups is 1. The number of alkyl halides is 1. The SMILES string of the molecule is C#Cc1c(F)ccc2cc(O)cc(-c3ccc4c(N5CCCNC(=O)C5)nc(OC[C@@]56CCCN5C[C@H](F)C6)nc4c3C)c12. The van der Waals surface area contributed by atoms with Gasteiger partial charge in [0.1, 0.15) is 30.2 Å². The van der Waals surface area contributed by atoms with Crippen molar-refractivity contribution in [2.45, 2.75) is 44.3 Å². The van der Waals surface area contributed by atoms with Crippen LogP contribution in [-0.4, -0.2) is 76.9 Å². The van der Waals surface area contributed by atoms with E-state index in [0.717, 1.165) is 36.8 Å². The first kappa shape index (κ1) is 28.3. The number of carbonyl (C=O) groups is 1. The fourth-order valence-corrected chi connectivity index (χ4v) is 7.31. The number of halogens is 2. The first-order chi connectivity index (χ1) is 21.3. The normalized spacial score (nSPS) is 22.2. The van der Waals surface area contributed by atoms with Crippen molar-refractivity contribution in [1.29, 1.82) is 0 Å². The molecule has 7 rings (SSSR count). The first-order valence-corrected chi connectivity index (χ1v) is 15.0. The summed E-state index contributed by atoms with van der Waals surface area (Å²) in [5.74, 6) is 2.46. The van der Waals surface area contributed by atoms with Gasteiger partial charge >= 0.3 is 6.01 Å². The second-order valence-corrected chi connectivity index (χ2v) is 12.1. The number of hydrogen-bond acceptors (Lipinski definition) is 7. The van der Waals surface area contributed by atoms with E-state index in [4.69, 9.17) is 21.1 Å². The fraction of sp³-hybridized carbons (Fsp3) is 0.382. The predicted molar refractivity (Wildman–Crippen MR) is 165 cm³/mol. The molecule has 1 amide bonds. The largest absolute Gasteiger partial charge is 0.508 e. The van der Waals surface area contributed by atoms with Crippen LogP contribution in [0, 0.1) is 25.1 Å². The van der Waals surface area contributed by atoms with Crippen LogP contribution in [0.3, 0.4) is 0 Å². The molecule has 0 bridgehead atoms. The molecule has 10 heteroatoms. The number of aryl methyl sites for hydroxylation is 1. The molecule has 3 aromatic carbocycles. The van der Waals surface area contributed by atoms with Crippen molar-refractivity contribution in [3.8, 4) is 35.2 Å². The van der Waals surface area contributed by atoms with E-state index >= 15 is 0 Å². The van der Waals surface area contributed by atoms with E-state index in [0.29, 0.717) is 59.3 Å². The summed E-state index contributed by atoms with van der Waals surface area (Å²) in [4.78, 5) is 26.3. The second kappa shape index (κ2) is 10.9. The predicted octanol–water partition coefficient (Wildman–Crippen LogP) is 4.87. The number of ether oxygens (including phenoxy) is 1. The Hall–Kier alpha value is -4.49. The van der Waals surface area contributed by atoms with E-state index in [1.165, 1.54) is 6.07 Å². The van der Waals surface area contributed by atoms with Crippen molar-refractivity contribution in [3.05, 3.63) is 53.3 Å². The van der Waals surface area contributed by atoms with Gasteiger partial charge in [-0.15, -0.1) is 6.42 Å². The summed E-state index contributed by atoms with van der Waals surface area (Å²) in [5, 5.41) is 15.4. The monoisotopic (exact) mass is 597 g/mol. The molecule has 0 radical (unpaired) electrons. The molecule has 8 nitrogen and oxygen atoms in total. The van der Waals surface area contributed by atoms with Gasteiger partial charge < -0.3 is 20.1 Å². The van der Waals surface area contributed by atoms with Gasteiger partial charge in [0.05, 0.1) is 23.2 Å². The molecule has 2 atom stereocenters. The molecule has 4 heterocycles. The Bertz CT molecular complexity index is 1860. The lowest BCUT2D eigenvalue weighted by Gasteiger charge is -2.31. The van der Waals surface area contributed by atoms with Gasteiger partial charge in [-0.25, -0.2) is 8.78 Å². The molecular weight excluding hydrogens is 564 g/mol. The highest BCUT2D eigenvalue weighted by Gasteiger charge is 2.49. The zero-order valence-electron chi connectivity index (χ0n) is 24.5. The Balaban J connectivity index is 1.39. The van der Waals surface area contributed by atoms with E-state index in [9.17, 15) is 18.7 Å². The molecule has 226 valence electrons. The van der Waals surface area contributed by atoms with Crippen LogP contribution >= 0.6 is 0 Å². The third-order valence-electron chi connectivity index (χ3n) is 9.36. The van der Waals surface area contributed by atoms with Gasteiger partial charge in [0.2, 0.25) is 5.91 Å². The van der Waals surface area contributed by atoms with Gasteiger partial charge in [0, 0.05) is 36.8 Å². The van der Waals surface area contributed by atoms with Crippen LogP contribution in [0.1, 0.15) is 36.8 Å². The number of nitrogens with zero attached hydrogens (tertiary/aromatic N) is 4. The molecule has 1 aromatic heterocycles. The van der Waals surface area contributed by atoms with Crippen LogP contribution in [0.15, 0.2) is 36.4 Å². The molecule has 0 unspecified atom stereocenters. The Morgan fingerprint density at radius 2 is 2.05 bits per heavy atom. The maximum Gasteiger partial charge on any atom is 0.319 e. The van der Waals surface area contributed by atoms with E-state index in [2.05, 4.69) is 16.1 Å². The quantitative estimate of drug-likeness (QED) is 0.318. The van der Waals surface area contributed by atoms with Gasteiger partial charge in [-0.2, -0.15) is 9.97 Å². The fourth-order valence-electron chi connectivity index (χ4n) is 7.31. The molecular formula is C34H33F2N5O3. The molecule has 0 spiro atoms. The maximum absolute atomic E-state index is 14.9. The van der Waals surface area contributed by atoms with Crippen LogP contribution in [-0.2, 0) is 4.79 Å². The highest BCUT2D eigenvalue weighted by Crippen LogP contribution is 2.42. The number of benzene rings is 3. The second-order valence-electron chi connectivity index (χ2n) is 12.1. The van der Waals surface area contributed by atoms with E-state index in [1.807, 2.05) is 24.0 Å². The summed E-state index contributed by atoms with van der Waals surface area (Å²) >= 11 is 0. The number of carbonyl (C=O) groups excluding carboxylic acids is 1. The third kappa shape index (κ3) is 4.76. The zero-order chi connectivity index (χ0) is 30.6. The molecule has 3 saturated heterocycles. The average Bonchev–Trinajstić information content (AvgIpc) is 3.43. The number of hydrogen-bond donors (Lipinski definition) is 2. The van der Waals surface area contributed by atoms with Gasteiger partial charge in [-0.1, -0.05) is 18.1 Å². The molecule has 0 aliphatic carbocycles. The number of rotatable bonds is 5. The van der Waals surface area contributed by atoms with Gasteiger partial charge in [-0.3, -0.25) is 9.69 Å². The standard InChI is InChI=1S/C34H33F2N5O3/c1-3-24-28(36)9-6-21-14-23(42)15-27(30(21)24)25-7-8-26-31(20(25)2)38-33(39-32(26)40-12-5-11-37-29(43)18-40)44-19-34-10-4-13-41(34)17-22(35)16-34/h1,6-9,14-15,22,42H,4-5,10-13,16-19H2,2H3,(H,37,43)/t22-,34+/m1/s1. The molecule has 3 aliphatic heterocycles. The summed E-state index contributed by atoms with van der Waals surface area (Å²) in [6.45, 7) is 4.74. The minimum absolute atomic E-state index is 0.0210. The molecule has 3 aliphatic rings. The van der Waals surface area contributed by atoms with Crippen molar-refractivity contribution in [2.75, 3.05) is 44.2 Å². The number of phenols is 1. The Morgan fingerprint density at radius 1 is 1.18 bits per heavy atom. The smallest absolute Gasteiger partial charge is 0.319 e. The van der Waals surface area contributed by atoms with Crippen molar-refractivity contribution in [1.82, 2.24) is 20.2 Å². The summed E-state index contributed by atoms with van der Waals surface area (Å²) < 4.78 is 35.6. The number of phenolic OH excluding ortho intramolecular Hbond substituents is 1. The van der Waals surface area contributed by atoms with Gasteiger partial charge in [0.25, 0.3) is 0 Å². The summed E-state index contributed by atoms with van der Waals surface area (Å²) in [5.41, 5.74) is 2.36. The average molecular weight is 598 g/mol. The lowest BCUT2D eigenvalue weighted by molar-refractivity contribution is -0.119. The van der Waals surface area contributed by atoms with Gasteiger partial charge in [0.15, 0.2) is 0 Å². The zero-order valence-corrected chi connectivity index (χ0v) is 24.5. The van der Waals surface area contributed by atoms with Crippen molar-refractivity contribution >= 4 is 33.4 Å². The minimum Gasteiger partial charge on any atom is -0.508 e. The summed E-state index contributed by atoms with van der Waals surface area (Å²) in [7, 11) is 0. The summed E-state index contributed by atoms with van der Waals surface area (Å²) in [6, 6.07) is 9.95. The van der Waals surface area contributed by atoms with Crippen LogP contribution < -0.4 is 15.0 Å². The van der Waals surface area contributed by atoms with Crippen molar-refractivity contribution in [2.24, 2.45) is 0 Å². The van der Waals surface area contributed by atoms with Crippen LogP contribution in [0.2, 0.25) is 0 Å². The number of nitrogens with one attached hydrogen (secondary N) is 1. The molecule has 3 fully saturated rings. The number of fused-ring (bicyclic) bond motifs is 3. The lowest BCUT2D eigenvalue weighted by atomic mass is 9.91. The van der Waals surface area contributed by atoms with Crippen LogP contribution in [0.4, 0.5) is 14.6 Å². The lowest BCUT2D eigenvalue weighted by Crippen LogP contribution is -2.43. The van der Waals surface area contributed by atoms with E-state index in [-0.39, 0.29) is 41.9 Å². The highest BCUT2D eigenvalue weighted by atomic mass is 19.1. The van der Waals surface area contributed by atoms with E-state index < -0.39 is 12.0 Å². The number of anilines is 1. The molecule has 4 aromatic rings. The molecule has 2 N–H and O–H groups in total. The van der Waals surface area contributed by atoms with Crippen LogP contribution in [0.5, 0.6) is 11.8 Å².